The van der Waals surface area contributed by atoms with Gasteiger partial charge in [0.25, 0.3) is 5.91 Å². The molecule has 0 bridgehead atoms. The van der Waals surface area contributed by atoms with E-state index < -0.39 is 69.7 Å². The van der Waals surface area contributed by atoms with Crippen LogP contribution in [-0.2, 0) is 14.4 Å². The zero-order valence-corrected chi connectivity index (χ0v) is 21.5. The van der Waals surface area contributed by atoms with Crippen molar-refractivity contribution in [1.29, 1.82) is 0 Å². The van der Waals surface area contributed by atoms with Crippen molar-refractivity contribution < 1.29 is 39.9 Å². The first-order chi connectivity index (χ1) is 18.3. The Hall–Kier alpha value is -3.96. The van der Waals surface area contributed by atoms with Crippen LogP contribution in [0.5, 0.6) is 5.75 Å². The van der Waals surface area contributed by atoms with Gasteiger partial charge in [-0.1, -0.05) is 41.9 Å². The number of nitrogens with two attached hydrogens (primary N) is 1. The molecular weight excluding hydrogens is 528 g/mol. The molecule has 0 aliphatic heterocycles. The predicted molar refractivity (Wildman–Crippen MR) is 141 cm³/mol. The van der Waals surface area contributed by atoms with Crippen molar-refractivity contribution >= 4 is 46.5 Å². The van der Waals surface area contributed by atoms with E-state index in [0.717, 1.165) is 0 Å². The number of likely N-dealkylation sites (N-methyl/N-ethyl adjacent to an activating group) is 1. The number of aliphatic hydroxyl groups excluding tert-OH is 3. The third kappa shape index (κ3) is 3.56. The maximum atomic E-state index is 14.1. The van der Waals surface area contributed by atoms with Gasteiger partial charge in [-0.2, -0.15) is 0 Å². The summed E-state index contributed by atoms with van der Waals surface area (Å²) in [5, 5.41) is 57.0. The number of hydrogen-bond acceptors (Lipinski definition) is 9. The number of Topliss-reactive ketones (excluding diaryl/α,β-unsaturated/α-hetero) is 2. The van der Waals surface area contributed by atoms with Crippen molar-refractivity contribution in [3.05, 3.63) is 81.1 Å². The predicted octanol–water partition coefficient (Wildman–Crippen LogP) is 1.59. The third-order valence-corrected chi connectivity index (χ3v) is 8.09. The zero-order chi connectivity index (χ0) is 28.5. The highest BCUT2D eigenvalue weighted by Crippen LogP contribution is 2.56. The number of benzene rings is 2. The van der Waals surface area contributed by atoms with Crippen LogP contribution in [-0.4, -0.2) is 79.7 Å². The normalized spacial score (nSPS) is 29.4. The molecule has 1 fully saturated rings. The molecule has 10 nitrogen and oxygen atoms in total. The van der Waals surface area contributed by atoms with E-state index in [0.29, 0.717) is 10.6 Å². The number of phenolic OH excluding ortho intramolecular Hbond substituents is 1. The number of aliphatic hydroxyl groups is 4. The summed E-state index contributed by atoms with van der Waals surface area (Å²) in [5.74, 6) is -9.02. The number of carbonyl (C=O) groups excluding carboxylic acids is 3. The number of ketones is 2. The minimum Gasteiger partial charge on any atom is -0.508 e. The van der Waals surface area contributed by atoms with Gasteiger partial charge >= 0.3 is 0 Å². The molecule has 0 heterocycles. The minimum atomic E-state index is -3.00. The van der Waals surface area contributed by atoms with Crippen LogP contribution in [0.1, 0.15) is 16.7 Å². The molecule has 11 heteroatoms. The lowest BCUT2D eigenvalue weighted by Gasteiger charge is -2.53. The molecule has 1 amide bonds. The summed E-state index contributed by atoms with van der Waals surface area (Å²) in [6, 6.07) is 9.66. The molecule has 202 valence electrons. The Morgan fingerprint density at radius 3 is 2.36 bits per heavy atom. The Labute approximate surface area is 227 Å². The van der Waals surface area contributed by atoms with Gasteiger partial charge in [-0.25, -0.2) is 0 Å². The second kappa shape index (κ2) is 9.06. The van der Waals surface area contributed by atoms with E-state index in [1.54, 1.807) is 36.4 Å². The van der Waals surface area contributed by atoms with Crippen LogP contribution in [0.2, 0.25) is 5.02 Å². The Morgan fingerprint density at radius 1 is 1.08 bits per heavy atom. The van der Waals surface area contributed by atoms with Gasteiger partial charge in [-0.15, -0.1) is 0 Å². The first-order valence-corrected chi connectivity index (χ1v) is 12.3. The summed E-state index contributed by atoms with van der Waals surface area (Å²) in [4.78, 5) is 40.9. The monoisotopic (exact) mass is 552 g/mol. The number of carbonyl (C=O) groups is 3. The summed E-state index contributed by atoms with van der Waals surface area (Å²) in [6.07, 6.45) is -0.180. The molecule has 0 radical (unpaired) electrons. The lowest BCUT2D eigenvalue weighted by Crippen LogP contribution is -2.70. The number of hydrogen-bond donors (Lipinski definition) is 6. The van der Waals surface area contributed by atoms with Crippen molar-refractivity contribution in [1.82, 2.24) is 4.90 Å². The zero-order valence-electron chi connectivity index (χ0n) is 20.8. The number of fused-ring (bicyclic) bond motifs is 3. The number of nitrogens with zero attached hydrogens (tertiary/aromatic N) is 1. The molecule has 3 aliphatic rings. The van der Waals surface area contributed by atoms with Gasteiger partial charge in [0.1, 0.15) is 22.8 Å². The molecular formula is C28H25ClN2O8. The summed E-state index contributed by atoms with van der Waals surface area (Å²) in [5.41, 5.74) is 1.74. The van der Waals surface area contributed by atoms with Crippen LogP contribution < -0.4 is 5.73 Å². The summed E-state index contributed by atoms with van der Waals surface area (Å²) >= 11 is 6.39. The number of amides is 1. The third-order valence-electron chi connectivity index (χ3n) is 7.75. The molecule has 39 heavy (non-hydrogen) atoms. The average Bonchev–Trinajstić information content (AvgIpc) is 2.86. The van der Waals surface area contributed by atoms with Crippen LogP contribution in [0.15, 0.2) is 59.4 Å². The van der Waals surface area contributed by atoms with Crippen molar-refractivity contribution in [3.63, 3.8) is 0 Å². The highest BCUT2D eigenvalue weighted by Gasteiger charge is 2.68. The van der Waals surface area contributed by atoms with Crippen molar-refractivity contribution in [2.24, 2.45) is 17.6 Å². The fourth-order valence-electron chi connectivity index (χ4n) is 6.07. The highest BCUT2D eigenvalue weighted by atomic mass is 35.5. The second-order valence-electron chi connectivity index (χ2n) is 10.0. The fraction of sp³-hybridized carbons (Fsp3) is 0.250. The van der Waals surface area contributed by atoms with Gasteiger partial charge in [0, 0.05) is 10.9 Å². The van der Waals surface area contributed by atoms with Crippen LogP contribution in [0, 0.1) is 11.8 Å². The summed E-state index contributed by atoms with van der Waals surface area (Å²) < 4.78 is 0. The Balaban J connectivity index is 1.88. The molecule has 0 spiro atoms. The largest absolute Gasteiger partial charge is 0.508 e. The van der Waals surface area contributed by atoms with E-state index in [1.165, 1.54) is 31.1 Å². The molecule has 2 aromatic rings. The lowest BCUT2D eigenvalue weighted by atomic mass is 9.55. The molecule has 0 unspecified atom stereocenters. The van der Waals surface area contributed by atoms with E-state index >= 15 is 0 Å². The number of aromatic hydroxyl groups is 1. The molecule has 2 aromatic carbocycles. The van der Waals surface area contributed by atoms with Gasteiger partial charge in [0.15, 0.2) is 11.4 Å². The molecule has 1 saturated carbocycles. The van der Waals surface area contributed by atoms with E-state index in [2.05, 4.69) is 0 Å². The van der Waals surface area contributed by atoms with Crippen LogP contribution >= 0.6 is 11.6 Å². The molecule has 5 rings (SSSR count). The van der Waals surface area contributed by atoms with E-state index in [4.69, 9.17) is 17.3 Å². The molecule has 0 saturated heterocycles. The van der Waals surface area contributed by atoms with Crippen molar-refractivity contribution in [3.8, 4) is 5.75 Å². The van der Waals surface area contributed by atoms with Crippen LogP contribution in [0.25, 0.3) is 17.4 Å². The maximum Gasteiger partial charge on any atom is 0.255 e. The number of phenols is 1. The summed E-state index contributed by atoms with van der Waals surface area (Å²) in [6.45, 7) is 0. The second-order valence-corrected chi connectivity index (χ2v) is 10.4. The smallest absolute Gasteiger partial charge is 0.255 e. The van der Waals surface area contributed by atoms with E-state index in [-0.39, 0.29) is 22.4 Å². The quantitative estimate of drug-likeness (QED) is 0.308. The summed E-state index contributed by atoms with van der Waals surface area (Å²) in [7, 11) is 2.89. The number of primary amides is 1. The molecule has 7 N–H and O–H groups in total. The topological polar surface area (TPSA) is 182 Å². The number of halogens is 1. The van der Waals surface area contributed by atoms with Crippen LogP contribution in [0.4, 0.5) is 0 Å². The van der Waals surface area contributed by atoms with Gasteiger partial charge in [0.2, 0.25) is 5.78 Å². The average molecular weight is 553 g/mol. The number of rotatable bonds is 3. The minimum absolute atomic E-state index is 0.140. The van der Waals surface area contributed by atoms with Gasteiger partial charge < -0.3 is 31.3 Å². The maximum absolute atomic E-state index is 14.1. The molecule has 0 aromatic heterocycles. The van der Waals surface area contributed by atoms with Crippen molar-refractivity contribution in [2.75, 3.05) is 14.1 Å². The molecule has 5 atom stereocenters. The fourth-order valence-corrected chi connectivity index (χ4v) is 6.26. The first-order valence-electron chi connectivity index (χ1n) is 11.9. The molecule has 3 aliphatic carbocycles. The van der Waals surface area contributed by atoms with E-state index in [9.17, 15) is 39.9 Å². The Morgan fingerprint density at radius 2 is 1.74 bits per heavy atom. The lowest BCUT2D eigenvalue weighted by molar-refractivity contribution is -0.166. The SMILES string of the molecule is CN(C)[C@@H]1C(=O)C(C(N)=O)=C(O)[C@@]2(O)C(=O)C3=C(O)c4c(O)cccc4/C(=C\c4ccccc4Cl)[C@H]3[C@H](O)[C@@H]12. The first kappa shape index (κ1) is 26.6. The standard InChI is InChI=1S/C28H25ClN2O8/c1-31(2)21-20-23(34)17-13(10-11-6-3-4-8-14(11)29)12-7-5-9-15(32)16(12)22(33)18(17)25(36)28(20,39)26(37)19(24(21)35)27(30)38/h3-10,17,20-21,23,32-34,37,39H,1-2H3,(H2,30,38)/b13-10+/t17-,20-,21+,23+,28+/m1/s1. The van der Waals surface area contributed by atoms with Gasteiger partial charge in [-0.3, -0.25) is 19.3 Å². The van der Waals surface area contributed by atoms with Crippen molar-refractivity contribution in [2.45, 2.75) is 17.7 Å². The highest BCUT2D eigenvalue weighted by molar-refractivity contribution is 6.32. The Bertz CT molecular complexity index is 1560. The van der Waals surface area contributed by atoms with E-state index in [1.807, 2.05) is 0 Å². The Kier molecular flexibility index (Phi) is 6.19. The van der Waals surface area contributed by atoms with Gasteiger partial charge in [0.05, 0.1) is 29.2 Å². The van der Waals surface area contributed by atoms with Gasteiger partial charge in [-0.05, 0) is 49.0 Å². The van der Waals surface area contributed by atoms with Crippen LogP contribution in [0.3, 0.4) is 0 Å².